The first kappa shape index (κ1) is 12.2. The summed E-state index contributed by atoms with van der Waals surface area (Å²) in [6, 6.07) is 0. The van der Waals surface area contributed by atoms with Crippen LogP contribution in [0.15, 0.2) is 0 Å². The summed E-state index contributed by atoms with van der Waals surface area (Å²) < 4.78 is 0. The van der Waals surface area contributed by atoms with Crippen molar-refractivity contribution in [2.45, 2.75) is 20.8 Å². The van der Waals surface area contributed by atoms with Gasteiger partial charge in [-0.05, 0) is 6.92 Å². The first-order chi connectivity index (χ1) is 6.46. The monoisotopic (exact) mass is 202 g/mol. The number of rotatable bonds is 0. The maximum absolute atomic E-state index is 9.01. The number of hydrogen-bond acceptors (Lipinski definition) is 5. The quantitative estimate of drug-likeness (QED) is 0.324. The molecular weight excluding hydrogens is 188 g/mol. The number of hydrogen-bond donors (Lipinski definition) is 5. The molecule has 0 saturated carbocycles. The van der Waals surface area contributed by atoms with E-state index in [1.54, 1.807) is 0 Å². The zero-order valence-electron chi connectivity index (χ0n) is 8.24. The van der Waals surface area contributed by atoms with Crippen molar-refractivity contribution in [1.82, 2.24) is 0 Å². The average molecular weight is 202 g/mol. The minimum absolute atomic E-state index is 0.0946. The normalized spacial score (nSPS) is 9.07. The van der Waals surface area contributed by atoms with Crippen LogP contribution in [0.5, 0.6) is 28.7 Å². The minimum atomic E-state index is -0.935. The van der Waals surface area contributed by atoms with Crippen molar-refractivity contribution in [3.05, 3.63) is 5.56 Å². The highest BCUT2D eigenvalue weighted by Crippen LogP contribution is 2.50. The minimum Gasteiger partial charge on any atom is -0.504 e. The van der Waals surface area contributed by atoms with Gasteiger partial charge >= 0.3 is 0 Å². The predicted molar refractivity (Wildman–Crippen MR) is 50.9 cm³/mol. The smallest absolute Gasteiger partial charge is 0.208 e. The lowest BCUT2D eigenvalue weighted by Gasteiger charge is -2.08. The second kappa shape index (κ2) is 4.45. The Morgan fingerprint density at radius 2 is 0.786 bits per heavy atom. The number of phenolic OH excluding ortho intramolecular Hbond substituents is 5. The summed E-state index contributed by atoms with van der Waals surface area (Å²) in [4.78, 5) is 0. The van der Waals surface area contributed by atoms with Gasteiger partial charge in [-0.15, -0.1) is 0 Å². The van der Waals surface area contributed by atoms with E-state index in [1.807, 2.05) is 13.8 Å². The van der Waals surface area contributed by atoms with Gasteiger partial charge in [0.25, 0.3) is 0 Å². The molecule has 1 aromatic carbocycles. The molecule has 0 amide bonds. The van der Waals surface area contributed by atoms with E-state index in [0.717, 1.165) is 0 Å². The Balaban J connectivity index is 0.000000791. The molecule has 80 valence electrons. The fourth-order valence-corrected chi connectivity index (χ4v) is 0.804. The lowest BCUT2D eigenvalue weighted by Crippen LogP contribution is -1.80. The van der Waals surface area contributed by atoms with Gasteiger partial charge in [-0.1, -0.05) is 13.8 Å². The van der Waals surface area contributed by atoms with Crippen LogP contribution in [0.2, 0.25) is 0 Å². The summed E-state index contributed by atoms with van der Waals surface area (Å²) in [5.74, 6) is -3.92. The summed E-state index contributed by atoms with van der Waals surface area (Å²) in [5.41, 5.74) is -0.0946. The van der Waals surface area contributed by atoms with Crippen LogP contribution in [0.25, 0.3) is 0 Å². The van der Waals surface area contributed by atoms with Crippen molar-refractivity contribution in [2.75, 3.05) is 0 Å². The number of benzene rings is 1. The third-order valence-corrected chi connectivity index (χ3v) is 1.61. The molecule has 0 radical (unpaired) electrons. The Bertz CT molecular complexity index is 227. The van der Waals surface area contributed by atoms with E-state index in [2.05, 4.69) is 0 Å². The van der Waals surface area contributed by atoms with Crippen LogP contribution < -0.4 is 0 Å². The largest absolute Gasteiger partial charge is 0.504 e. The molecule has 0 saturated heterocycles. The molecule has 0 bridgehead atoms. The molecule has 0 unspecified atom stereocenters. The SMILES string of the molecule is CC.Cc1c(O)c(O)c(O)c(O)c1O. The fourth-order valence-electron chi connectivity index (χ4n) is 0.804. The molecule has 0 fully saturated rings. The molecule has 5 N–H and O–H groups in total. The lowest BCUT2D eigenvalue weighted by molar-refractivity contribution is 0.325. The van der Waals surface area contributed by atoms with Gasteiger partial charge in [-0.3, -0.25) is 0 Å². The summed E-state index contributed by atoms with van der Waals surface area (Å²) in [6.45, 7) is 5.28. The number of phenols is 5. The lowest BCUT2D eigenvalue weighted by atomic mass is 10.1. The van der Waals surface area contributed by atoms with Crippen LogP contribution in [0.4, 0.5) is 0 Å². The molecule has 1 aromatic rings. The van der Waals surface area contributed by atoms with E-state index < -0.39 is 28.7 Å². The van der Waals surface area contributed by atoms with Gasteiger partial charge < -0.3 is 25.5 Å². The molecule has 5 heteroatoms. The standard InChI is InChI=1S/C7H8O5.C2H6/c1-2-3(8)5(10)7(12)6(11)4(2)9;1-2/h8-12H,1H3;1-2H3. The van der Waals surface area contributed by atoms with E-state index in [-0.39, 0.29) is 5.56 Å². The summed E-state index contributed by atoms with van der Waals surface area (Å²) in [6.07, 6.45) is 0. The van der Waals surface area contributed by atoms with E-state index in [9.17, 15) is 0 Å². The molecule has 0 aliphatic carbocycles. The Kier molecular flexibility index (Phi) is 3.89. The molecular formula is C9H14O5. The predicted octanol–water partition coefficient (Wildman–Crippen LogP) is 1.55. The Morgan fingerprint density at radius 3 is 1.07 bits per heavy atom. The highest BCUT2D eigenvalue weighted by molar-refractivity contribution is 5.66. The highest BCUT2D eigenvalue weighted by Gasteiger charge is 2.19. The highest BCUT2D eigenvalue weighted by atomic mass is 16.4. The van der Waals surface area contributed by atoms with E-state index in [0.29, 0.717) is 0 Å². The molecule has 0 aliphatic heterocycles. The van der Waals surface area contributed by atoms with Crippen molar-refractivity contribution in [3.63, 3.8) is 0 Å². The molecule has 14 heavy (non-hydrogen) atoms. The van der Waals surface area contributed by atoms with Gasteiger partial charge in [-0.25, -0.2) is 0 Å². The van der Waals surface area contributed by atoms with Crippen LogP contribution in [0.1, 0.15) is 19.4 Å². The van der Waals surface area contributed by atoms with E-state index in [1.165, 1.54) is 6.92 Å². The van der Waals surface area contributed by atoms with Gasteiger partial charge in [-0.2, -0.15) is 0 Å². The molecule has 0 aliphatic rings. The van der Waals surface area contributed by atoms with Gasteiger partial charge in [0.05, 0.1) is 0 Å². The van der Waals surface area contributed by atoms with Crippen LogP contribution in [-0.4, -0.2) is 25.5 Å². The molecule has 1 rings (SSSR count). The second-order valence-electron chi connectivity index (χ2n) is 2.37. The third-order valence-electron chi connectivity index (χ3n) is 1.61. The molecule has 5 nitrogen and oxygen atoms in total. The zero-order chi connectivity index (χ0) is 11.5. The van der Waals surface area contributed by atoms with E-state index in [4.69, 9.17) is 25.5 Å². The van der Waals surface area contributed by atoms with Gasteiger partial charge in [0.1, 0.15) is 0 Å². The van der Waals surface area contributed by atoms with Crippen molar-refractivity contribution in [1.29, 1.82) is 0 Å². The van der Waals surface area contributed by atoms with Gasteiger partial charge in [0, 0.05) is 5.56 Å². The third kappa shape index (κ3) is 1.76. The molecule has 0 atom stereocenters. The van der Waals surface area contributed by atoms with Crippen molar-refractivity contribution >= 4 is 0 Å². The van der Waals surface area contributed by atoms with Crippen molar-refractivity contribution in [3.8, 4) is 28.7 Å². The first-order valence-electron chi connectivity index (χ1n) is 4.12. The maximum atomic E-state index is 9.01. The fraction of sp³-hybridized carbons (Fsp3) is 0.333. The van der Waals surface area contributed by atoms with E-state index >= 15 is 0 Å². The summed E-state index contributed by atoms with van der Waals surface area (Å²) in [7, 11) is 0. The Labute approximate surface area is 81.5 Å². The summed E-state index contributed by atoms with van der Waals surface area (Å²) in [5, 5.41) is 44.7. The second-order valence-corrected chi connectivity index (χ2v) is 2.37. The van der Waals surface area contributed by atoms with Gasteiger partial charge in [0.2, 0.25) is 17.2 Å². The molecule has 0 spiro atoms. The zero-order valence-corrected chi connectivity index (χ0v) is 8.24. The molecule has 0 heterocycles. The van der Waals surface area contributed by atoms with Crippen molar-refractivity contribution in [2.24, 2.45) is 0 Å². The molecule has 0 aromatic heterocycles. The summed E-state index contributed by atoms with van der Waals surface area (Å²) >= 11 is 0. The first-order valence-corrected chi connectivity index (χ1v) is 4.12. The van der Waals surface area contributed by atoms with Crippen LogP contribution in [0.3, 0.4) is 0 Å². The Morgan fingerprint density at radius 1 is 0.571 bits per heavy atom. The number of aromatic hydroxyl groups is 5. The van der Waals surface area contributed by atoms with Crippen LogP contribution in [-0.2, 0) is 0 Å². The van der Waals surface area contributed by atoms with Crippen molar-refractivity contribution < 1.29 is 25.5 Å². The van der Waals surface area contributed by atoms with Gasteiger partial charge in [0.15, 0.2) is 11.5 Å². The Hall–Kier alpha value is -1.78. The van der Waals surface area contributed by atoms with Crippen LogP contribution in [0, 0.1) is 6.92 Å². The van der Waals surface area contributed by atoms with Crippen LogP contribution >= 0.6 is 0 Å². The average Bonchev–Trinajstić information content (AvgIpc) is 2.24. The topological polar surface area (TPSA) is 101 Å². The maximum Gasteiger partial charge on any atom is 0.208 e.